The third-order valence-corrected chi connectivity index (χ3v) is 7.55. The predicted octanol–water partition coefficient (Wildman–Crippen LogP) is 3.81. The molecule has 3 N–H and O–H groups in total. The van der Waals surface area contributed by atoms with E-state index in [1.807, 2.05) is 35.1 Å². The lowest BCUT2D eigenvalue weighted by molar-refractivity contribution is -0.118. The number of thioether (sulfide) groups is 1. The molecule has 3 rings (SSSR count). The highest BCUT2D eigenvalue weighted by atomic mass is 35.5. The zero-order valence-electron chi connectivity index (χ0n) is 16.1. The molecule has 12 heteroatoms. The van der Waals surface area contributed by atoms with E-state index in [1.165, 1.54) is 36.0 Å². The summed E-state index contributed by atoms with van der Waals surface area (Å²) >= 11 is 8.14. The molecule has 0 saturated heterocycles. The van der Waals surface area contributed by atoms with Crippen LogP contribution in [0.3, 0.4) is 0 Å². The fourth-order valence-corrected chi connectivity index (χ4v) is 5.33. The second-order valence-electron chi connectivity index (χ2n) is 6.00. The molecule has 0 unspecified atom stereocenters. The highest BCUT2D eigenvalue weighted by Gasteiger charge is 2.21. The van der Waals surface area contributed by atoms with E-state index in [9.17, 15) is 18.0 Å². The van der Waals surface area contributed by atoms with E-state index in [2.05, 4.69) is 15.6 Å². The molecule has 0 bridgehead atoms. The van der Waals surface area contributed by atoms with Crippen molar-refractivity contribution < 1.29 is 18.0 Å². The number of benzene rings is 2. The van der Waals surface area contributed by atoms with Crippen LogP contribution in [0.1, 0.15) is 0 Å². The monoisotopic (exact) mass is 496 g/mol. The van der Waals surface area contributed by atoms with E-state index < -0.39 is 16.1 Å². The van der Waals surface area contributed by atoms with Crippen LogP contribution in [-0.2, 0) is 14.8 Å². The van der Waals surface area contributed by atoms with Gasteiger partial charge in [-0.3, -0.25) is 10.1 Å². The molecule has 0 aliphatic heterocycles. The molecule has 0 fully saturated rings. The summed E-state index contributed by atoms with van der Waals surface area (Å²) in [5, 5.41) is 5.82. The zero-order valence-corrected chi connectivity index (χ0v) is 19.3. The summed E-state index contributed by atoms with van der Waals surface area (Å²) in [4.78, 5) is 28.4. The summed E-state index contributed by atoms with van der Waals surface area (Å²) < 4.78 is 27.4. The zero-order chi connectivity index (χ0) is 22.4. The van der Waals surface area contributed by atoms with Crippen molar-refractivity contribution >= 4 is 61.7 Å². The molecule has 1 heterocycles. The van der Waals surface area contributed by atoms with E-state index in [1.54, 1.807) is 7.05 Å². The van der Waals surface area contributed by atoms with Crippen LogP contribution in [0.25, 0.3) is 11.3 Å². The van der Waals surface area contributed by atoms with Crippen molar-refractivity contribution in [2.75, 3.05) is 18.1 Å². The molecule has 0 saturated carbocycles. The van der Waals surface area contributed by atoms with Gasteiger partial charge in [0.25, 0.3) is 10.0 Å². The Hall–Kier alpha value is -2.60. The Morgan fingerprint density at radius 1 is 1.10 bits per heavy atom. The van der Waals surface area contributed by atoms with Crippen molar-refractivity contribution in [3.05, 3.63) is 59.6 Å². The summed E-state index contributed by atoms with van der Waals surface area (Å²) in [5.41, 5.74) is 1.21. The maximum absolute atomic E-state index is 12.5. The fourth-order valence-electron chi connectivity index (χ4n) is 2.36. The number of aromatic nitrogens is 1. The van der Waals surface area contributed by atoms with E-state index in [0.29, 0.717) is 20.1 Å². The van der Waals surface area contributed by atoms with E-state index in [4.69, 9.17) is 11.6 Å². The SMILES string of the molecule is CNC(=O)CSc1nc(-c2ccccc2)c(NC(=O)NS(=O)(=O)c2ccc(Cl)cc2)s1. The van der Waals surface area contributed by atoms with Crippen LogP contribution >= 0.6 is 34.7 Å². The number of thiazole rings is 1. The highest BCUT2D eigenvalue weighted by Crippen LogP contribution is 2.37. The summed E-state index contributed by atoms with van der Waals surface area (Å²) in [7, 11) is -2.55. The second-order valence-corrected chi connectivity index (χ2v) is 10.3. The minimum Gasteiger partial charge on any atom is -0.358 e. The highest BCUT2D eigenvalue weighted by molar-refractivity contribution is 8.01. The summed E-state index contributed by atoms with van der Waals surface area (Å²) in [6, 6.07) is 13.6. The normalized spacial score (nSPS) is 11.0. The molecule has 1 aromatic heterocycles. The largest absolute Gasteiger partial charge is 0.358 e. The third kappa shape index (κ3) is 6.20. The first-order valence-corrected chi connectivity index (χ1v) is 12.4. The number of carbonyl (C=O) groups is 2. The van der Waals surface area contributed by atoms with Gasteiger partial charge in [-0.25, -0.2) is 22.9 Å². The number of nitrogens with zero attached hydrogens (tertiary/aromatic N) is 1. The number of amides is 3. The maximum Gasteiger partial charge on any atom is 0.333 e. The van der Waals surface area contributed by atoms with Crippen molar-refractivity contribution in [2.45, 2.75) is 9.24 Å². The van der Waals surface area contributed by atoms with Gasteiger partial charge in [-0.05, 0) is 24.3 Å². The molecule has 31 heavy (non-hydrogen) atoms. The molecule has 0 spiro atoms. The number of anilines is 1. The van der Waals surface area contributed by atoms with Crippen molar-refractivity contribution in [3.63, 3.8) is 0 Å². The molecule has 2 aromatic carbocycles. The lowest BCUT2D eigenvalue weighted by atomic mass is 10.2. The Labute approximate surface area is 192 Å². The molecule has 8 nitrogen and oxygen atoms in total. The average Bonchev–Trinajstić information content (AvgIpc) is 3.15. The minimum atomic E-state index is -4.09. The number of rotatable bonds is 7. The topological polar surface area (TPSA) is 117 Å². The Kier molecular flexibility index (Phi) is 7.55. The Bertz CT molecular complexity index is 1180. The van der Waals surface area contributed by atoms with Crippen molar-refractivity contribution in [2.24, 2.45) is 0 Å². The standard InChI is InChI=1S/C19H17ClN4O4S3/c1-21-15(25)11-29-19-22-16(12-5-3-2-4-6-12)17(30-19)23-18(26)24-31(27,28)14-9-7-13(20)8-10-14/h2-10H,11H2,1H3,(H,21,25)(H2,23,24,26). The average molecular weight is 497 g/mol. The number of urea groups is 1. The third-order valence-electron chi connectivity index (χ3n) is 3.84. The molecular weight excluding hydrogens is 480 g/mol. The fraction of sp³-hybridized carbons (Fsp3) is 0.105. The van der Waals surface area contributed by atoms with Gasteiger partial charge in [-0.1, -0.05) is 65.0 Å². The van der Waals surface area contributed by atoms with Gasteiger partial charge in [0, 0.05) is 17.6 Å². The Morgan fingerprint density at radius 3 is 2.42 bits per heavy atom. The smallest absolute Gasteiger partial charge is 0.333 e. The van der Waals surface area contributed by atoms with Gasteiger partial charge in [0.2, 0.25) is 5.91 Å². The lowest BCUT2D eigenvalue weighted by Crippen LogP contribution is -2.34. The molecule has 0 aliphatic rings. The number of sulfonamides is 1. The van der Waals surface area contributed by atoms with Gasteiger partial charge in [-0.2, -0.15) is 0 Å². The molecule has 0 aliphatic carbocycles. The molecule has 3 amide bonds. The van der Waals surface area contributed by atoms with Crippen molar-refractivity contribution in [3.8, 4) is 11.3 Å². The van der Waals surface area contributed by atoms with Gasteiger partial charge in [0.1, 0.15) is 10.7 Å². The first-order valence-electron chi connectivity index (χ1n) is 8.77. The molecule has 0 atom stereocenters. The maximum atomic E-state index is 12.5. The molecule has 0 radical (unpaired) electrons. The first kappa shape index (κ1) is 23.1. The summed E-state index contributed by atoms with van der Waals surface area (Å²) in [5.74, 6) is -0.00257. The van der Waals surface area contributed by atoms with E-state index in [0.717, 1.165) is 16.9 Å². The van der Waals surface area contributed by atoms with Gasteiger partial charge < -0.3 is 5.32 Å². The number of halogens is 1. The van der Waals surface area contributed by atoms with Crippen LogP contribution in [-0.4, -0.2) is 38.1 Å². The van der Waals surface area contributed by atoms with Gasteiger partial charge in [0.15, 0.2) is 4.34 Å². The predicted molar refractivity (Wildman–Crippen MR) is 123 cm³/mol. The summed E-state index contributed by atoms with van der Waals surface area (Å²) in [6.45, 7) is 0. The van der Waals surface area contributed by atoms with Crippen LogP contribution < -0.4 is 15.4 Å². The first-order chi connectivity index (χ1) is 14.8. The van der Waals surface area contributed by atoms with E-state index >= 15 is 0 Å². The van der Waals surface area contributed by atoms with Crippen LogP contribution in [0.5, 0.6) is 0 Å². The van der Waals surface area contributed by atoms with Crippen LogP contribution in [0.15, 0.2) is 63.8 Å². The molecule has 3 aromatic rings. The van der Waals surface area contributed by atoms with Crippen molar-refractivity contribution in [1.82, 2.24) is 15.0 Å². The van der Waals surface area contributed by atoms with Crippen molar-refractivity contribution in [1.29, 1.82) is 0 Å². The molecule has 162 valence electrons. The van der Waals surface area contributed by atoms with Crippen LogP contribution in [0.4, 0.5) is 9.80 Å². The van der Waals surface area contributed by atoms with Crippen LogP contribution in [0.2, 0.25) is 5.02 Å². The minimum absolute atomic E-state index is 0.0959. The Balaban J connectivity index is 1.81. The number of hydrogen-bond acceptors (Lipinski definition) is 7. The number of carbonyl (C=O) groups excluding carboxylic acids is 2. The van der Waals surface area contributed by atoms with E-state index in [-0.39, 0.29) is 16.6 Å². The quantitative estimate of drug-likeness (QED) is 0.428. The second kappa shape index (κ2) is 10.1. The van der Waals surface area contributed by atoms with Crippen LogP contribution in [0, 0.1) is 0 Å². The molecular formula is C19H17ClN4O4S3. The Morgan fingerprint density at radius 2 is 1.77 bits per heavy atom. The number of nitrogens with one attached hydrogen (secondary N) is 3. The summed E-state index contributed by atoms with van der Waals surface area (Å²) in [6.07, 6.45) is 0. The van der Waals surface area contributed by atoms with Gasteiger partial charge in [0.05, 0.1) is 10.6 Å². The lowest BCUT2D eigenvalue weighted by Gasteiger charge is -2.08. The number of hydrogen-bond donors (Lipinski definition) is 3. The van der Waals surface area contributed by atoms with Gasteiger partial charge >= 0.3 is 6.03 Å². The van der Waals surface area contributed by atoms with Gasteiger partial charge in [-0.15, -0.1) is 0 Å².